The minimum absolute atomic E-state index is 0.0666. The second-order valence-corrected chi connectivity index (χ2v) is 9.84. The second kappa shape index (κ2) is 9.59. The van der Waals surface area contributed by atoms with Gasteiger partial charge in [0.05, 0.1) is 4.90 Å². The Morgan fingerprint density at radius 3 is 2.28 bits per heavy atom. The molecule has 0 radical (unpaired) electrons. The van der Waals surface area contributed by atoms with Gasteiger partial charge in [0.1, 0.15) is 0 Å². The molecule has 5 nitrogen and oxygen atoms in total. The van der Waals surface area contributed by atoms with Crippen LogP contribution in [0.5, 0.6) is 0 Å². The Bertz CT molecular complexity index is 657. The predicted molar refractivity (Wildman–Crippen MR) is 106 cm³/mol. The Labute approximate surface area is 156 Å². The van der Waals surface area contributed by atoms with Crippen LogP contribution in [-0.4, -0.2) is 23.4 Å². The average Bonchev–Trinajstić information content (AvgIpc) is 2.46. The first-order chi connectivity index (χ1) is 11.5. The molecule has 25 heavy (non-hydrogen) atoms. The Hall–Kier alpha value is -1.05. The fourth-order valence-corrected chi connectivity index (χ4v) is 4.98. The highest BCUT2D eigenvalue weighted by molar-refractivity contribution is 8.14. The first kappa shape index (κ1) is 22.0. The summed E-state index contributed by atoms with van der Waals surface area (Å²) in [7, 11) is -4.02. The number of benzene rings is 1. The first-order valence-corrected chi connectivity index (χ1v) is 10.9. The molecule has 0 bridgehead atoms. The smallest absolute Gasteiger partial charge is 0.294 e. The van der Waals surface area contributed by atoms with Crippen molar-refractivity contribution in [2.45, 2.75) is 57.1 Å². The van der Waals surface area contributed by atoms with Gasteiger partial charge < -0.3 is 5.73 Å². The molecule has 0 aliphatic heterocycles. The van der Waals surface area contributed by atoms with Crippen molar-refractivity contribution in [3.8, 4) is 0 Å². The summed E-state index contributed by atoms with van der Waals surface area (Å²) in [5, 5.41) is 8.23. The van der Waals surface area contributed by atoms with Crippen LogP contribution >= 0.6 is 11.8 Å². The van der Waals surface area contributed by atoms with Crippen molar-refractivity contribution >= 4 is 27.0 Å². The molecule has 0 spiro atoms. The highest BCUT2D eigenvalue weighted by Crippen LogP contribution is 2.39. The Morgan fingerprint density at radius 2 is 1.84 bits per heavy atom. The third-order valence-electron chi connectivity index (χ3n) is 4.56. The molecule has 1 fully saturated rings. The molecule has 142 valence electrons. The number of nitrogens with two attached hydrogens (primary N) is 1. The van der Waals surface area contributed by atoms with Gasteiger partial charge >= 0.3 is 0 Å². The van der Waals surface area contributed by atoms with E-state index in [-0.39, 0.29) is 10.1 Å². The third kappa shape index (κ3) is 7.79. The van der Waals surface area contributed by atoms with E-state index >= 15 is 0 Å². The minimum atomic E-state index is -4.02. The first-order valence-electron chi connectivity index (χ1n) is 8.55. The summed E-state index contributed by atoms with van der Waals surface area (Å²) in [5.41, 5.74) is 6.43. The summed E-state index contributed by atoms with van der Waals surface area (Å²) >= 11 is 1.58. The van der Waals surface area contributed by atoms with Gasteiger partial charge in [0, 0.05) is 5.25 Å². The number of aryl methyl sites for hydroxylation is 1. The van der Waals surface area contributed by atoms with Crippen LogP contribution in [0.3, 0.4) is 0 Å². The largest absolute Gasteiger partial charge is 0.379 e. The molecule has 1 aliphatic carbocycles. The lowest BCUT2D eigenvalue weighted by atomic mass is 9.77. The van der Waals surface area contributed by atoms with Gasteiger partial charge in [-0.05, 0) is 49.7 Å². The van der Waals surface area contributed by atoms with Gasteiger partial charge in [-0.25, -0.2) is 0 Å². The molecule has 1 aromatic carbocycles. The van der Waals surface area contributed by atoms with Crippen LogP contribution in [0.4, 0.5) is 0 Å². The maximum atomic E-state index is 10.5. The van der Waals surface area contributed by atoms with Crippen LogP contribution in [0, 0.1) is 30.1 Å². The summed E-state index contributed by atoms with van der Waals surface area (Å²) < 4.78 is 29.6. The molecule has 2 rings (SSSR count). The zero-order valence-corrected chi connectivity index (χ0v) is 17.0. The maximum Gasteiger partial charge on any atom is 0.294 e. The monoisotopic (exact) mass is 386 g/mol. The maximum absolute atomic E-state index is 10.5. The SMILES string of the molecule is CC(C)[C@@H]1CC[C@@H](C)C[C@@H]1SC(=N)N.Cc1ccc(S(=O)(=O)O)cc1. The molecule has 1 saturated carbocycles. The Morgan fingerprint density at radius 1 is 1.28 bits per heavy atom. The van der Waals surface area contributed by atoms with Gasteiger partial charge in [0.2, 0.25) is 0 Å². The van der Waals surface area contributed by atoms with Crippen molar-refractivity contribution in [1.29, 1.82) is 5.41 Å². The van der Waals surface area contributed by atoms with E-state index in [0.717, 1.165) is 23.3 Å². The van der Waals surface area contributed by atoms with E-state index in [0.29, 0.717) is 5.25 Å². The van der Waals surface area contributed by atoms with Gasteiger partial charge in [-0.2, -0.15) is 8.42 Å². The van der Waals surface area contributed by atoms with E-state index < -0.39 is 10.1 Å². The summed E-state index contributed by atoms with van der Waals surface area (Å²) in [6.45, 7) is 8.72. The van der Waals surface area contributed by atoms with Gasteiger partial charge in [0.15, 0.2) is 5.17 Å². The molecular weight excluding hydrogens is 356 g/mol. The zero-order valence-electron chi connectivity index (χ0n) is 15.4. The average molecular weight is 387 g/mol. The number of nitrogens with one attached hydrogen (secondary N) is 1. The van der Waals surface area contributed by atoms with E-state index in [1.807, 2.05) is 6.92 Å². The minimum Gasteiger partial charge on any atom is -0.379 e. The summed E-state index contributed by atoms with van der Waals surface area (Å²) in [6, 6.07) is 5.99. The highest BCUT2D eigenvalue weighted by atomic mass is 32.2. The molecule has 0 saturated heterocycles. The van der Waals surface area contributed by atoms with Gasteiger partial charge in [-0.3, -0.25) is 9.96 Å². The van der Waals surface area contributed by atoms with Crippen molar-refractivity contribution in [3.63, 3.8) is 0 Å². The number of thioether (sulfide) groups is 1. The van der Waals surface area contributed by atoms with Crippen molar-refractivity contribution in [1.82, 2.24) is 0 Å². The number of amidine groups is 1. The highest BCUT2D eigenvalue weighted by Gasteiger charge is 2.31. The summed E-state index contributed by atoms with van der Waals surface area (Å²) in [5.74, 6) is 2.28. The van der Waals surface area contributed by atoms with E-state index in [4.69, 9.17) is 15.7 Å². The zero-order chi connectivity index (χ0) is 19.2. The number of rotatable bonds is 3. The van der Waals surface area contributed by atoms with Crippen LogP contribution in [0.25, 0.3) is 0 Å². The lowest BCUT2D eigenvalue weighted by Gasteiger charge is -2.36. The molecule has 0 unspecified atom stereocenters. The molecule has 4 N–H and O–H groups in total. The quantitative estimate of drug-likeness (QED) is 0.408. The van der Waals surface area contributed by atoms with Crippen LogP contribution < -0.4 is 5.73 Å². The van der Waals surface area contributed by atoms with E-state index in [1.165, 1.54) is 31.4 Å². The van der Waals surface area contributed by atoms with Crippen molar-refractivity contribution in [3.05, 3.63) is 29.8 Å². The second-order valence-electron chi connectivity index (χ2n) is 7.13. The van der Waals surface area contributed by atoms with Crippen LogP contribution in [0.15, 0.2) is 29.2 Å². The molecular formula is C18H30N2O3S2. The summed E-state index contributed by atoms with van der Waals surface area (Å²) in [6.07, 6.45) is 3.88. The number of hydrogen-bond acceptors (Lipinski definition) is 4. The van der Waals surface area contributed by atoms with Crippen LogP contribution in [-0.2, 0) is 10.1 Å². The normalized spacial score (nSPS) is 23.7. The van der Waals surface area contributed by atoms with Crippen molar-refractivity contribution in [2.24, 2.45) is 23.5 Å². The fourth-order valence-electron chi connectivity index (χ4n) is 3.12. The molecule has 1 aromatic rings. The molecule has 0 aromatic heterocycles. The van der Waals surface area contributed by atoms with Gasteiger partial charge in [-0.1, -0.05) is 56.7 Å². The lowest BCUT2D eigenvalue weighted by Crippen LogP contribution is -2.31. The molecule has 1 aliphatic rings. The number of hydrogen-bond donors (Lipinski definition) is 3. The fraction of sp³-hybridized carbons (Fsp3) is 0.611. The van der Waals surface area contributed by atoms with E-state index in [1.54, 1.807) is 23.9 Å². The van der Waals surface area contributed by atoms with Crippen LogP contribution in [0.1, 0.15) is 45.6 Å². The Kier molecular flexibility index (Phi) is 8.44. The molecule has 7 heteroatoms. The van der Waals surface area contributed by atoms with Crippen molar-refractivity contribution < 1.29 is 13.0 Å². The van der Waals surface area contributed by atoms with Gasteiger partial charge in [-0.15, -0.1) is 0 Å². The lowest BCUT2D eigenvalue weighted by molar-refractivity contribution is 0.245. The molecule has 0 amide bonds. The van der Waals surface area contributed by atoms with Crippen LogP contribution in [0.2, 0.25) is 0 Å². The topological polar surface area (TPSA) is 104 Å². The Balaban J connectivity index is 0.000000257. The molecule has 3 atom stereocenters. The van der Waals surface area contributed by atoms with E-state index in [9.17, 15) is 8.42 Å². The summed E-state index contributed by atoms with van der Waals surface area (Å²) in [4.78, 5) is -0.0666. The predicted octanol–water partition coefficient (Wildman–Crippen LogP) is 4.32. The third-order valence-corrected chi connectivity index (χ3v) is 6.53. The van der Waals surface area contributed by atoms with E-state index in [2.05, 4.69) is 20.8 Å². The standard InChI is InChI=1S/C11H22N2S.C7H8O3S/c1-7(2)9-5-4-8(3)6-10(9)14-11(12)13;1-6-2-4-7(5-3-6)11(8,9)10/h7-10H,4-6H2,1-3H3,(H3,12,13);2-5H,1H3,(H,8,9,10)/t8-,9+,10+;/m1./s1. The molecule has 0 heterocycles. The van der Waals surface area contributed by atoms with Gasteiger partial charge in [0.25, 0.3) is 10.1 Å². The van der Waals surface area contributed by atoms with Crippen molar-refractivity contribution in [2.75, 3.05) is 0 Å².